The molecule has 0 aromatic heterocycles. The van der Waals surface area contributed by atoms with Crippen LogP contribution in [-0.2, 0) is 20.3 Å². The molecule has 2 aromatic rings. The van der Waals surface area contributed by atoms with Gasteiger partial charge in [0.25, 0.3) is 0 Å². The van der Waals surface area contributed by atoms with Crippen molar-refractivity contribution in [1.82, 2.24) is 0 Å². The Morgan fingerprint density at radius 2 is 1.70 bits per heavy atom. The van der Waals surface area contributed by atoms with Crippen molar-refractivity contribution in [3.63, 3.8) is 0 Å². The molecular weight excluding hydrogens is 319 g/mol. The van der Waals surface area contributed by atoms with Crippen LogP contribution >= 0.6 is 7.37 Å². The third kappa shape index (κ3) is 4.18. The Kier molecular flexibility index (Phi) is 5.19. The second-order valence-electron chi connectivity index (χ2n) is 5.34. The highest BCUT2D eigenvalue weighted by Gasteiger charge is 2.37. The summed E-state index contributed by atoms with van der Waals surface area (Å²) in [7, 11) is -4.10. The average molecular weight is 336 g/mol. The van der Waals surface area contributed by atoms with Crippen molar-refractivity contribution in [2.45, 2.75) is 24.7 Å². The van der Waals surface area contributed by atoms with Crippen molar-refractivity contribution in [3.05, 3.63) is 48.0 Å². The maximum absolute atomic E-state index is 12.6. The molecule has 0 saturated carbocycles. The van der Waals surface area contributed by atoms with E-state index in [0.717, 1.165) is 10.8 Å². The zero-order valence-electron chi connectivity index (χ0n) is 12.3. The Morgan fingerprint density at radius 3 is 2.35 bits per heavy atom. The molecular formula is C16H17O6P. The summed E-state index contributed by atoms with van der Waals surface area (Å²) in [6, 6.07) is 12.6. The molecule has 0 heterocycles. The second-order valence-corrected chi connectivity index (χ2v) is 7.79. The summed E-state index contributed by atoms with van der Waals surface area (Å²) < 4.78 is 12.6. The van der Waals surface area contributed by atoms with E-state index in [2.05, 4.69) is 0 Å². The summed E-state index contributed by atoms with van der Waals surface area (Å²) in [4.78, 5) is 32.2. The standard InChI is InChI=1S/C16H17O6P/c17-15(18)9-8-14(16(19)20)23(21,22)10-12-6-3-5-11-4-1-2-7-13(11)12/h1-7,14H,8-10H2,(H,17,18)(H,19,20)(H,21,22). The topological polar surface area (TPSA) is 112 Å². The smallest absolute Gasteiger partial charge is 0.316 e. The fourth-order valence-electron chi connectivity index (χ4n) is 2.54. The first-order valence-electron chi connectivity index (χ1n) is 7.04. The SMILES string of the molecule is O=C(O)CCC(C(=O)O)P(=O)(O)Cc1cccc2ccccc12. The molecule has 122 valence electrons. The van der Waals surface area contributed by atoms with Crippen LogP contribution in [0.5, 0.6) is 0 Å². The molecule has 2 atom stereocenters. The fraction of sp³-hybridized carbons (Fsp3) is 0.250. The number of fused-ring (bicyclic) bond motifs is 1. The molecule has 0 aliphatic heterocycles. The van der Waals surface area contributed by atoms with Crippen LogP contribution in [0, 0.1) is 0 Å². The molecule has 2 rings (SSSR count). The van der Waals surface area contributed by atoms with Gasteiger partial charge in [-0.05, 0) is 22.8 Å². The zero-order valence-corrected chi connectivity index (χ0v) is 13.1. The van der Waals surface area contributed by atoms with Crippen molar-refractivity contribution < 1.29 is 29.3 Å². The number of carbonyl (C=O) groups is 2. The number of hydrogen-bond acceptors (Lipinski definition) is 3. The molecule has 0 aliphatic rings. The lowest BCUT2D eigenvalue weighted by Crippen LogP contribution is -2.22. The van der Waals surface area contributed by atoms with Crippen LogP contribution in [-0.4, -0.2) is 32.7 Å². The van der Waals surface area contributed by atoms with Crippen LogP contribution in [0.4, 0.5) is 0 Å². The fourth-order valence-corrected chi connectivity index (χ4v) is 4.40. The Bertz CT molecular complexity index is 780. The molecule has 2 unspecified atom stereocenters. The first kappa shape index (κ1) is 17.2. The Morgan fingerprint density at radius 1 is 1.04 bits per heavy atom. The monoisotopic (exact) mass is 336 g/mol. The molecule has 3 N–H and O–H groups in total. The van der Waals surface area contributed by atoms with E-state index < -0.39 is 31.4 Å². The summed E-state index contributed by atoms with van der Waals surface area (Å²) in [6.45, 7) is 0. The van der Waals surface area contributed by atoms with Gasteiger partial charge in [0, 0.05) is 6.42 Å². The Hall–Kier alpha value is -2.17. The average Bonchev–Trinajstić information content (AvgIpc) is 2.46. The molecule has 0 amide bonds. The van der Waals surface area contributed by atoms with Crippen LogP contribution in [0.3, 0.4) is 0 Å². The van der Waals surface area contributed by atoms with Crippen LogP contribution < -0.4 is 0 Å². The number of rotatable bonds is 7. The Labute approximate surface area is 132 Å². The summed E-state index contributed by atoms with van der Waals surface area (Å²) in [5, 5.41) is 19.5. The maximum Gasteiger partial charge on any atom is 0.316 e. The molecule has 23 heavy (non-hydrogen) atoms. The maximum atomic E-state index is 12.6. The molecule has 0 spiro atoms. The molecule has 6 nitrogen and oxygen atoms in total. The van der Waals surface area contributed by atoms with Gasteiger partial charge in [-0.1, -0.05) is 42.5 Å². The molecule has 2 aromatic carbocycles. The van der Waals surface area contributed by atoms with Crippen LogP contribution in [0.25, 0.3) is 10.8 Å². The lowest BCUT2D eigenvalue weighted by Gasteiger charge is -2.19. The molecule has 7 heteroatoms. The highest BCUT2D eigenvalue weighted by molar-refractivity contribution is 7.59. The van der Waals surface area contributed by atoms with Gasteiger partial charge in [-0.3, -0.25) is 14.2 Å². The van der Waals surface area contributed by atoms with Crippen LogP contribution in [0.1, 0.15) is 18.4 Å². The van der Waals surface area contributed by atoms with Gasteiger partial charge in [-0.25, -0.2) is 0 Å². The van der Waals surface area contributed by atoms with Gasteiger partial charge < -0.3 is 15.1 Å². The third-order valence-corrected chi connectivity index (χ3v) is 5.93. The van der Waals surface area contributed by atoms with E-state index in [-0.39, 0.29) is 12.6 Å². The Balaban J connectivity index is 2.32. The number of carboxylic acid groups (broad SMARTS) is 2. The summed E-state index contributed by atoms with van der Waals surface area (Å²) in [5.41, 5.74) is -1.01. The largest absolute Gasteiger partial charge is 0.481 e. The van der Waals surface area contributed by atoms with Crippen molar-refractivity contribution in [2.75, 3.05) is 0 Å². The van der Waals surface area contributed by atoms with E-state index in [1.165, 1.54) is 0 Å². The van der Waals surface area contributed by atoms with Gasteiger partial charge in [0.05, 0.1) is 6.16 Å². The summed E-state index contributed by atoms with van der Waals surface area (Å²) in [6.07, 6.45) is -1.13. The number of benzene rings is 2. The highest BCUT2D eigenvalue weighted by atomic mass is 31.2. The van der Waals surface area contributed by atoms with Gasteiger partial charge in [0.2, 0.25) is 7.37 Å². The van der Waals surface area contributed by atoms with Crippen molar-refractivity contribution in [3.8, 4) is 0 Å². The van der Waals surface area contributed by atoms with E-state index in [1.54, 1.807) is 24.3 Å². The molecule has 0 bridgehead atoms. The van der Waals surface area contributed by atoms with E-state index >= 15 is 0 Å². The number of aliphatic carboxylic acids is 2. The number of carboxylic acids is 2. The van der Waals surface area contributed by atoms with Gasteiger partial charge in [0.15, 0.2) is 0 Å². The normalized spacial score (nSPS) is 15.0. The minimum atomic E-state index is -4.10. The number of hydrogen-bond donors (Lipinski definition) is 3. The van der Waals surface area contributed by atoms with Crippen LogP contribution in [0.2, 0.25) is 0 Å². The van der Waals surface area contributed by atoms with E-state index in [1.807, 2.05) is 18.2 Å². The van der Waals surface area contributed by atoms with E-state index in [9.17, 15) is 24.2 Å². The predicted molar refractivity (Wildman–Crippen MR) is 85.8 cm³/mol. The minimum Gasteiger partial charge on any atom is -0.481 e. The predicted octanol–water partition coefficient (Wildman–Crippen LogP) is 2.93. The summed E-state index contributed by atoms with van der Waals surface area (Å²) >= 11 is 0. The molecule has 0 aliphatic carbocycles. The van der Waals surface area contributed by atoms with Gasteiger partial charge >= 0.3 is 11.9 Å². The quantitative estimate of drug-likeness (QED) is 0.670. The van der Waals surface area contributed by atoms with Gasteiger partial charge in [-0.2, -0.15) is 0 Å². The second kappa shape index (κ2) is 6.94. The van der Waals surface area contributed by atoms with Crippen molar-refractivity contribution in [2.24, 2.45) is 0 Å². The van der Waals surface area contributed by atoms with E-state index in [4.69, 9.17) is 5.11 Å². The van der Waals surface area contributed by atoms with Gasteiger partial charge in [-0.15, -0.1) is 0 Å². The van der Waals surface area contributed by atoms with Gasteiger partial charge in [0.1, 0.15) is 5.66 Å². The first-order valence-corrected chi connectivity index (χ1v) is 8.95. The third-order valence-electron chi connectivity index (χ3n) is 3.68. The van der Waals surface area contributed by atoms with Crippen molar-refractivity contribution >= 4 is 30.1 Å². The minimum absolute atomic E-state index is 0.301. The zero-order chi connectivity index (χ0) is 17.0. The van der Waals surface area contributed by atoms with Crippen LogP contribution in [0.15, 0.2) is 42.5 Å². The van der Waals surface area contributed by atoms with E-state index in [0.29, 0.717) is 5.56 Å². The molecule has 0 saturated heterocycles. The molecule has 0 radical (unpaired) electrons. The van der Waals surface area contributed by atoms with Crippen molar-refractivity contribution in [1.29, 1.82) is 0 Å². The highest BCUT2D eigenvalue weighted by Crippen LogP contribution is 2.52. The molecule has 0 fully saturated rings. The summed E-state index contributed by atoms with van der Waals surface area (Å²) in [5.74, 6) is -2.64. The lowest BCUT2D eigenvalue weighted by molar-refractivity contribution is -0.138. The first-order chi connectivity index (χ1) is 10.8. The lowest BCUT2D eigenvalue weighted by atomic mass is 10.1.